The summed E-state index contributed by atoms with van der Waals surface area (Å²) in [7, 11) is -3.14. The van der Waals surface area contributed by atoms with E-state index < -0.39 is 7.37 Å². The standard InChI is InChI=1S/C2H6O2P.W/c1-5(2,3)4;/h1H2,2H3,(H,3,4);/q-1;/p-1. The summed E-state index contributed by atoms with van der Waals surface area (Å²) in [6.45, 7) is 3.85. The Balaban J connectivity index is 0. The van der Waals surface area contributed by atoms with Crippen LogP contribution in [0.2, 0.25) is 0 Å². The Kier molecular flexibility index (Phi) is 4.92. The Morgan fingerprint density at radius 2 is 1.83 bits per heavy atom. The summed E-state index contributed by atoms with van der Waals surface area (Å²) >= 11 is 0. The van der Waals surface area contributed by atoms with Gasteiger partial charge in [0.15, 0.2) is 0 Å². The van der Waals surface area contributed by atoms with Crippen LogP contribution in [0.25, 0.3) is 0 Å². The van der Waals surface area contributed by atoms with Crippen molar-refractivity contribution in [1.29, 1.82) is 0 Å². The van der Waals surface area contributed by atoms with Crippen LogP contribution in [-0.4, -0.2) is 6.66 Å². The molecule has 0 spiro atoms. The minimum Gasteiger partial charge on any atom is -0.823 e. The van der Waals surface area contributed by atoms with Crippen molar-refractivity contribution in [2.75, 3.05) is 6.66 Å². The first kappa shape index (κ1) is 9.99. The van der Waals surface area contributed by atoms with Gasteiger partial charge >= 0.3 is 0 Å². The maximum atomic E-state index is 9.55. The molecule has 1 atom stereocenters. The molecule has 0 fully saturated rings. The Hall–Kier alpha value is 0.878. The molecule has 0 aliphatic heterocycles. The van der Waals surface area contributed by atoms with E-state index in [0.29, 0.717) is 0 Å². The van der Waals surface area contributed by atoms with E-state index in [2.05, 4.69) is 6.66 Å². The van der Waals surface area contributed by atoms with Crippen LogP contribution in [-0.2, 0) is 25.6 Å². The summed E-state index contributed by atoms with van der Waals surface area (Å²) in [4.78, 5) is 9.55. The maximum Gasteiger partial charge on any atom is 0 e. The topological polar surface area (TPSA) is 40.1 Å². The van der Waals surface area contributed by atoms with Gasteiger partial charge in [-0.05, 0) is 0 Å². The smallest absolute Gasteiger partial charge is 0 e. The van der Waals surface area contributed by atoms with Gasteiger partial charge < -0.3 is 9.46 Å². The van der Waals surface area contributed by atoms with Crippen molar-refractivity contribution in [2.45, 2.75) is 0 Å². The van der Waals surface area contributed by atoms with Crippen LogP contribution >= 0.6 is 7.37 Å². The molecule has 0 heterocycles. The summed E-state index contributed by atoms with van der Waals surface area (Å²) < 4.78 is 9.55. The first-order chi connectivity index (χ1) is 2.00. The maximum absolute atomic E-state index is 9.55. The normalized spacial score (nSPS) is 17.8. The van der Waals surface area contributed by atoms with E-state index in [1.165, 1.54) is 0 Å². The fourth-order valence-electron chi connectivity index (χ4n) is 0. The van der Waals surface area contributed by atoms with Crippen LogP contribution in [0, 0.1) is 6.66 Å². The second-order valence-corrected chi connectivity index (χ2v) is 3.04. The molecule has 6 heavy (non-hydrogen) atoms. The molecule has 4 heteroatoms. The largest absolute Gasteiger partial charge is 0.823 e. The first-order valence-corrected chi connectivity index (χ1v) is 3.39. The van der Waals surface area contributed by atoms with E-state index >= 15 is 0 Å². The quantitative estimate of drug-likeness (QED) is 0.463. The van der Waals surface area contributed by atoms with Crippen molar-refractivity contribution in [1.82, 2.24) is 0 Å². The van der Waals surface area contributed by atoms with Crippen LogP contribution in [0.5, 0.6) is 0 Å². The Labute approximate surface area is 51.7 Å². The Morgan fingerprint density at radius 3 is 1.83 bits per heavy atom. The fraction of sp³-hybridized carbons (Fsp3) is 0.500. The zero-order valence-corrected chi connectivity index (χ0v) is 7.21. The van der Waals surface area contributed by atoms with Crippen molar-refractivity contribution in [3.8, 4) is 0 Å². The summed E-state index contributed by atoms with van der Waals surface area (Å²) in [6.07, 6.45) is 0. The number of hydrogen-bond donors (Lipinski definition) is 0. The minimum absolute atomic E-state index is 0. The molecule has 1 unspecified atom stereocenters. The van der Waals surface area contributed by atoms with Crippen molar-refractivity contribution in [3.63, 3.8) is 0 Å². The Morgan fingerprint density at radius 1 is 1.83 bits per heavy atom. The predicted molar refractivity (Wildman–Crippen MR) is 18.9 cm³/mol. The van der Waals surface area contributed by atoms with Gasteiger partial charge in [0.05, 0.1) is 0 Å². The molecule has 0 radical (unpaired) electrons. The average Bonchev–Trinajstić information content (AvgIpc) is 0.722. The van der Waals surface area contributed by atoms with Crippen molar-refractivity contribution in [2.24, 2.45) is 0 Å². The molecule has 0 aromatic heterocycles. The molecule has 0 aromatic rings. The van der Waals surface area contributed by atoms with Gasteiger partial charge in [-0.3, -0.25) is 6.66 Å². The predicted octanol–water partition coefficient (Wildman–Crippen LogP) is 0.0437. The fourth-order valence-corrected chi connectivity index (χ4v) is 0. The second kappa shape index (κ2) is 2.96. The zero-order chi connectivity index (χ0) is 4.50. The molecule has 0 saturated carbocycles. The third-order valence-electron chi connectivity index (χ3n) is 0. The van der Waals surface area contributed by atoms with Crippen molar-refractivity contribution < 1.29 is 30.5 Å². The first-order valence-electron chi connectivity index (χ1n) is 1.13. The molecule has 0 amide bonds. The van der Waals surface area contributed by atoms with Gasteiger partial charge in [0, 0.05) is 21.1 Å². The molecule has 0 bridgehead atoms. The summed E-state index contributed by atoms with van der Waals surface area (Å²) in [5, 5.41) is 0. The van der Waals surface area contributed by atoms with Crippen LogP contribution in [0.15, 0.2) is 0 Å². The third-order valence-corrected chi connectivity index (χ3v) is 0. The van der Waals surface area contributed by atoms with E-state index in [-0.39, 0.29) is 21.1 Å². The number of rotatable bonds is 0. The molecule has 0 aliphatic carbocycles. The van der Waals surface area contributed by atoms with Gasteiger partial charge in [0.25, 0.3) is 0 Å². The molecule has 0 aliphatic rings. The van der Waals surface area contributed by atoms with Gasteiger partial charge in [0.2, 0.25) is 0 Å². The van der Waals surface area contributed by atoms with Gasteiger partial charge in [-0.2, -0.15) is 0 Å². The molecule has 0 saturated heterocycles. The molecule has 0 N–H and O–H groups in total. The Bertz CT molecular complexity index is 57.7. The molecule has 2 nitrogen and oxygen atoms in total. The van der Waals surface area contributed by atoms with E-state index in [4.69, 9.17) is 0 Å². The van der Waals surface area contributed by atoms with Crippen molar-refractivity contribution >= 4 is 7.37 Å². The summed E-state index contributed by atoms with van der Waals surface area (Å²) in [5.74, 6) is 0. The van der Waals surface area contributed by atoms with Gasteiger partial charge in [-0.15, -0.1) is 7.37 Å². The summed E-state index contributed by atoms with van der Waals surface area (Å²) in [5.41, 5.74) is 0. The van der Waals surface area contributed by atoms with Crippen LogP contribution in [0.4, 0.5) is 0 Å². The summed E-state index contributed by atoms with van der Waals surface area (Å²) in [6, 6.07) is 0. The zero-order valence-electron chi connectivity index (χ0n) is 3.38. The van der Waals surface area contributed by atoms with Gasteiger partial charge in [-0.1, -0.05) is 6.66 Å². The third kappa shape index (κ3) is 95.1. The molecule has 38 valence electrons. The van der Waals surface area contributed by atoms with E-state index in [0.717, 1.165) is 6.66 Å². The van der Waals surface area contributed by atoms with E-state index in [9.17, 15) is 9.46 Å². The average molecular weight is 276 g/mol. The van der Waals surface area contributed by atoms with Crippen LogP contribution in [0.3, 0.4) is 0 Å². The van der Waals surface area contributed by atoms with Gasteiger partial charge in [-0.25, -0.2) is 0 Å². The van der Waals surface area contributed by atoms with E-state index in [1.807, 2.05) is 0 Å². The molecule has 0 aromatic carbocycles. The monoisotopic (exact) mass is 276 g/mol. The minimum atomic E-state index is -3.14. The van der Waals surface area contributed by atoms with E-state index in [1.54, 1.807) is 0 Å². The van der Waals surface area contributed by atoms with Gasteiger partial charge in [0.1, 0.15) is 0 Å². The number of hydrogen-bond acceptors (Lipinski definition) is 2. The molecular weight excluding hydrogens is 271 g/mol. The van der Waals surface area contributed by atoms with Crippen LogP contribution in [0.1, 0.15) is 0 Å². The van der Waals surface area contributed by atoms with Crippen LogP contribution < -0.4 is 4.89 Å². The van der Waals surface area contributed by atoms with Crippen molar-refractivity contribution in [3.05, 3.63) is 6.66 Å². The SMILES string of the molecule is [CH2-]P(C)(=O)[O-].[W]. The molecule has 0 rings (SSSR count). The second-order valence-electron chi connectivity index (χ2n) is 1.01. The molecular formula is C2H5O2PW-2.